The first-order chi connectivity index (χ1) is 21.9. The van der Waals surface area contributed by atoms with Gasteiger partial charge in [-0.3, -0.25) is 19.3 Å². The summed E-state index contributed by atoms with van der Waals surface area (Å²) in [5, 5.41) is 15.1. The summed E-state index contributed by atoms with van der Waals surface area (Å²) in [7, 11) is 0. The van der Waals surface area contributed by atoms with Crippen molar-refractivity contribution >= 4 is 70.0 Å². The van der Waals surface area contributed by atoms with Crippen LogP contribution in [0.3, 0.4) is 0 Å². The van der Waals surface area contributed by atoms with Crippen LogP contribution < -0.4 is 5.32 Å². The highest BCUT2D eigenvalue weighted by Gasteiger charge is 2.55. The maximum atomic E-state index is 14.1. The molecule has 0 unspecified atom stereocenters. The Bertz CT molecular complexity index is 1690. The maximum Gasteiger partial charge on any atom is 0.356 e. The number of aromatic nitrogens is 1. The summed E-state index contributed by atoms with van der Waals surface area (Å²) in [4.78, 5) is 59.1. The number of nitrogens with one attached hydrogen (secondary N) is 1. The first kappa shape index (κ1) is 31.1. The number of carbonyl (C=O) groups is 4. The number of carboxylic acids is 1. The zero-order valence-corrected chi connectivity index (χ0v) is 26.9. The van der Waals surface area contributed by atoms with Gasteiger partial charge in [0.25, 0.3) is 5.91 Å². The number of carbonyl (C=O) groups excluding carboxylic acids is 3. The van der Waals surface area contributed by atoms with Gasteiger partial charge >= 0.3 is 11.9 Å². The molecule has 2 N–H and O–H groups in total. The van der Waals surface area contributed by atoms with E-state index in [0.717, 1.165) is 16.0 Å². The SMILES string of the molecule is O=C(O)CCc1csc(SC2=C(C(=O)OC(c3ccccc3)c3ccccc3)N3C(=O)[C@@H](NC(=O)Cc4cccs4)[C@@H]3SC2)n1. The normalized spacial score (nSPS) is 17.5. The number of aryl methyl sites for hydroxylation is 1. The van der Waals surface area contributed by atoms with E-state index in [2.05, 4.69) is 10.3 Å². The lowest BCUT2D eigenvalue weighted by atomic mass is 10.0. The molecule has 0 bridgehead atoms. The van der Waals surface area contributed by atoms with Gasteiger partial charge < -0.3 is 15.2 Å². The molecule has 9 nitrogen and oxygen atoms in total. The Morgan fingerprint density at radius 1 is 1.02 bits per heavy atom. The van der Waals surface area contributed by atoms with Gasteiger partial charge in [0, 0.05) is 27.3 Å². The Hall–Kier alpha value is -3.91. The lowest BCUT2D eigenvalue weighted by molar-refractivity contribution is -0.154. The number of thioether (sulfide) groups is 2. The van der Waals surface area contributed by atoms with Gasteiger partial charge in [-0.25, -0.2) is 9.78 Å². The summed E-state index contributed by atoms with van der Waals surface area (Å²) in [5.74, 6) is -1.80. The molecule has 2 aromatic heterocycles. The fraction of sp³-hybridized carbons (Fsp3) is 0.219. The van der Waals surface area contributed by atoms with Crippen LogP contribution in [-0.2, 0) is 36.8 Å². The molecule has 45 heavy (non-hydrogen) atoms. The minimum atomic E-state index is -0.903. The number of fused-ring (bicyclic) bond motifs is 1. The molecular formula is C32H27N3O6S4. The second kappa shape index (κ2) is 14.0. The molecule has 2 amide bonds. The van der Waals surface area contributed by atoms with Crippen molar-refractivity contribution < 1.29 is 29.0 Å². The monoisotopic (exact) mass is 677 g/mol. The standard InChI is InChI=1S/C32H27N3O6S4/c36-24(16-22-12-7-15-42-22)34-26-29(39)35-27(23(18-43-30(26)35)45-32-33-21(17-44-32)13-14-25(37)38)31(40)41-28(19-8-3-1-4-9-19)20-10-5-2-6-11-20/h1-12,15,17,26,28,30H,13-14,16,18H2,(H,34,36)(H,37,38)/t26-,30+/m1/s1. The van der Waals surface area contributed by atoms with Gasteiger partial charge in [0.15, 0.2) is 10.4 Å². The highest BCUT2D eigenvalue weighted by Crippen LogP contribution is 2.46. The Balaban J connectivity index is 1.28. The van der Waals surface area contributed by atoms with E-state index in [0.29, 0.717) is 27.1 Å². The number of rotatable bonds is 12. The topological polar surface area (TPSA) is 126 Å². The lowest BCUT2D eigenvalue weighted by Crippen LogP contribution is -2.70. The number of aliphatic carboxylic acids is 1. The predicted octanol–water partition coefficient (Wildman–Crippen LogP) is 5.50. The molecule has 2 aliphatic heterocycles. The van der Waals surface area contributed by atoms with Crippen molar-refractivity contribution in [1.82, 2.24) is 15.2 Å². The smallest absolute Gasteiger partial charge is 0.356 e. The van der Waals surface area contributed by atoms with Crippen molar-refractivity contribution in [3.8, 4) is 0 Å². The van der Waals surface area contributed by atoms with Crippen LogP contribution in [0.5, 0.6) is 0 Å². The van der Waals surface area contributed by atoms with Gasteiger partial charge in [-0.15, -0.1) is 34.4 Å². The van der Waals surface area contributed by atoms with Crippen LogP contribution in [-0.4, -0.2) is 55.9 Å². The van der Waals surface area contributed by atoms with Crippen molar-refractivity contribution in [3.05, 3.63) is 116 Å². The van der Waals surface area contributed by atoms with Crippen LogP contribution in [0, 0.1) is 0 Å². The van der Waals surface area contributed by atoms with E-state index in [1.54, 1.807) is 5.38 Å². The van der Waals surface area contributed by atoms with Crippen LogP contribution in [0.25, 0.3) is 0 Å². The Kier molecular flexibility index (Phi) is 9.69. The number of esters is 1. The van der Waals surface area contributed by atoms with Crippen molar-refractivity contribution in [2.24, 2.45) is 0 Å². The van der Waals surface area contributed by atoms with Crippen LogP contribution in [0.2, 0.25) is 0 Å². The van der Waals surface area contributed by atoms with Crippen LogP contribution in [0.1, 0.15) is 34.2 Å². The first-order valence-electron chi connectivity index (χ1n) is 14.0. The summed E-state index contributed by atoms with van der Waals surface area (Å²) in [6.07, 6.45) is -0.278. The highest BCUT2D eigenvalue weighted by molar-refractivity contribution is 8.07. The summed E-state index contributed by atoms with van der Waals surface area (Å²) >= 11 is 5.56. The van der Waals surface area contributed by atoms with Crippen molar-refractivity contribution in [1.29, 1.82) is 0 Å². The number of hydrogen-bond acceptors (Lipinski definition) is 10. The van der Waals surface area contributed by atoms with E-state index < -0.39 is 29.5 Å². The third kappa shape index (κ3) is 7.17. The second-order valence-electron chi connectivity index (χ2n) is 10.2. The molecular weight excluding hydrogens is 651 g/mol. The molecule has 1 fully saturated rings. The summed E-state index contributed by atoms with van der Waals surface area (Å²) in [6, 6.07) is 21.8. The van der Waals surface area contributed by atoms with E-state index in [1.807, 2.05) is 78.2 Å². The first-order valence-corrected chi connectivity index (χ1v) is 17.6. The largest absolute Gasteiger partial charge is 0.481 e. The fourth-order valence-corrected chi connectivity index (χ4v) is 9.20. The zero-order chi connectivity index (χ0) is 31.3. The molecule has 4 aromatic rings. The molecule has 0 aliphatic carbocycles. The maximum absolute atomic E-state index is 14.1. The summed E-state index contributed by atoms with van der Waals surface area (Å²) in [6.45, 7) is 0. The minimum Gasteiger partial charge on any atom is -0.481 e. The highest BCUT2D eigenvalue weighted by atomic mass is 32.2. The summed E-state index contributed by atoms with van der Waals surface area (Å²) < 4.78 is 6.84. The number of carboxylic acid groups (broad SMARTS) is 1. The van der Waals surface area contributed by atoms with Gasteiger partial charge in [-0.2, -0.15) is 0 Å². The van der Waals surface area contributed by atoms with E-state index in [9.17, 15) is 19.2 Å². The molecule has 230 valence electrons. The quantitative estimate of drug-likeness (QED) is 0.148. The van der Waals surface area contributed by atoms with Crippen molar-refractivity contribution in [3.63, 3.8) is 0 Å². The van der Waals surface area contributed by atoms with Gasteiger partial charge in [0.2, 0.25) is 5.91 Å². The molecule has 0 saturated carbocycles. The average Bonchev–Trinajstić information content (AvgIpc) is 3.74. The van der Waals surface area contributed by atoms with E-state index in [4.69, 9.17) is 9.84 Å². The number of hydrogen-bond donors (Lipinski definition) is 2. The van der Waals surface area contributed by atoms with Crippen molar-refractivity contribution in [2.45, 2.75) is 41.1 Å². The number of β-lactam (4-membered cyclic amide) rings is 1. The molecule has 2 atom stereocenters. The molecule has 2 aromatic carbocycles. The third-order valence-electron chi connectivity index (χ3n) is 7.12. The molecule has 1 saturated heterocycles. The number of nitrogens with zero attached hydrogens (tertiary/aromatic N) is 2. The lowest BCUT2D eigenvalue weighted by Gasteiger charge is -2.49. The van der Waals surface area contributed by atoms with E-state index in [1.165, 1.54) is 51.1 Å². The van der Waals surface area contributed by atoms with Gasteiger partial charge in [-0.05, 0) is 22.6 Å². The Morgan fingerprint density at radius 2 is 1.73 bits per heavy atom. The predicted molar refractivity (Wildman–Crippen MR) is 175 cm³/mol. The molecule has 13 heteroatoms. The van der Waals surface area contributed by atoms with E-state index >= 15 is 0 Å². The van der Waals surface area contributed by atoms with Crippen LogP contribution in [0.4, 0.5) is 0 Å². The van der Waals surface area contributed by atoms with Gasteiger partial charge in [-0.1, -0.05) is 78.5 Å². The molecule has 6 rings (SSSR count). The fourth-order valence-electron chi connectivity index (χ4n) is 4.99. The number of amides is 2. The number of thiazole rings is 1. The van der Waals surface area contributed by atoms with Crippen LogP contribution in [0.15, 0.2) is 98.5 Å². The molecule has 2 aliphatic rings. The second-order valence-corrected chi connectivity index (χ2v) is 14.5. The van der Waals surface area contributed by atoms with Gasteiger partial charge in [0.1, 0.15) is 17.1 Å². The van der Waals surface area contributed by atoms with Crippen molar-refractivity contribution in [2.75, 3.05) is 5.75 Å². The number of thiophene rings is 1. The van der Waals surface area contributed by atoms with Crippen LogP contribution >= 0.6 is 46.2 Å². The Morgan fingerprint density at radius 3 is 2.38 bits per heavy atom. The Labute approximate surface area is 275 Å². The zero-order valence-electron chi connectivity index (χ0n) is 23.7. The third-order valence-corrected chi connectivity index (χ3v) is 11.5. The average molecular weight is 678 g/mol. The molecule has 0 radical (unpaired) electrons. The molecule has 4 heterocycles. The number of ether oxygens (including phenoxy) is 1. The number of benzene rings is 2. The summed E-state index contributed by atoms with van der Waals surface area (Å²) in [5.41, 5.74) is 2.35. The molecule has 0 spiro atoms. The minimum absolute atomic E-state index is 0.0339. The van der Waals surface area contributed by atoms with E-state index in [-0.39, 0.29) is 30.4 Å². The van der Waals surface area contributed by atoms with Gasteiger partial charge in [0.05, 0.1) is 18.5 Å².